The first-order chi connectivity index (χ1) is 18.0. The molecule has 1 atom stereocenters. The fourth-order valence-corrected chi connectivity index (χ4v) is 4.71. The minimum Gasteiger partial charge on any atom is -0.454 e. The Balaban J connectivity index is 1.11. The third kappa shape index (κ3) is 5.79. The van der Waals surface area contributed by atoms with E-state index in [1.54, 1.807) is 24.3 Å². The number of allylic oxidation sites excluding steroid dienone is 1. The topological polar surface area (TPSA) is 83.5 Å². The Morgan fingerprint density at radius 1 is 1.11 bits per heavy atom. The summed E-state index contributed by atoms with van der Waals surface area (Å²) in [6.45, 7) is 2.77. The van der Waals surface area contributed by atoms with Crippen LogP contribution in [0.1, 0.15) is 27.9 Å². The predicted octanol–water partition coefficient (Wildman–Crippen LogP) is 3.41. The Hall–Kier alpha value is -3.82. The standard InChI is InChI=1S/C28H28N4O4S/c1-31(16-19-6-3-2-4-7-19)13-5-12-29-26(33)21-10-8-20(9-11-21)17-32-27(34)22-14-24-25(36-18-35-24)15-23(22)30-28(32)37/h2-4,6-11,14-15,22H,5,12-13,16-18H2,1H3,(H,29,33). The first-order valence-corrected chi connectivity index (χ1v) is 12.6. The molecular formula is C28H28N4O4S. The van der Waals surface area contributed by atoms with Crippen molar-refractivity contribution >= 4 is 34.9 Å². The second-order valence-electron chi connectivity index (χ2n) is 9.20. The maximum atomic E-state index is 13.2. The van der Waals surface area contributed by atoms with E-state index in [0.29, 0.717) is 29.3 Å². The molecule has 3 aliphatic rings. The van der Waals surface area contributed by atoms with E-state index in [9.17, 15) is 9.59 Å². The minimum absolute atomic E-state index is 0.119. The molecule has 0 radical (unpaired) electrons. The molecule has 1 N–H and O–H groups in total. The van der Waals surface area contributed by atoms with Crippen LogP contribution in [0.3, 0.4) is 0 Å². The summed E-state index contributed by atoms with van der Waals surface area (Å²) in [7, 11) is 2.08. The van der Waals surface area contributed by atoms with Gasteiger partial charge in [0.05, 0.1) is 12.3 Å². The number of ether oxygens (including phenoxy) is 2. The van der Waals surface area contributed by atoms with Gasteiger partial charge >= 0.3 is 0 Å². The van der Waals surface area contributed by atoms with Gasteiger partial charge in [-0.2, -0.15) is 0 Å². The number of amides is 2. The highest BCUT2D eigenvalue weighted by atomic mass is 32.1. The van der Waals surface area contributed by atoms with E-state index in [1.165, 1.54) is 10.5 Å². The normalized spacial score (nSPS) is 18.3. The van der Waals surface area contributed by atoms with Crippen molar-refractivity contribution in [3.05, 3.63) is 95.0 Å². The summed E-state index contributed by atoms with van der Waals surface area (Å²) in [5.41, 5.74) is 3.26. The van der Waals surface area contributed by atoms with E-state index < -0.39 is 5.92 Å². The van der Waals surface area contributed by atoms with Crippen LogP contribution in [0.5, 0.6) is 0 Å². The fraction of sp³-hybridized carbons (Fsp3) is 0.286. The van der Waals surface area contributed by atoms with Crippen molar-refractivity contribution in [2.24, 2.45) is 10.9 Å². The van der Waals surface area contributed by atoms with Crippen molar-refractivity contribution in [1.29, 1.82) is 0 Å². The van der Waals surface area contributed by atoms with Gasteiger partial charge in [0.25, 0.3) is 5.91 Å². The lowest BCUT2D eigenvalue weighted by molar-refractivity contribution is -0.129. The Labute approximate surface area is 221 Å². The SMILES string of the molecule is CN(CCCNC(=O)c1ccc(CN2C(=O)C3C=C4OCOC4=CC3=NC2=S)cc1)Cc1ccccc1. The van der Waals surface area contributed by atoms with Gasteiger partial charge in [0.2, 0.25) is 17.8 Å². The van der Waals surface area contributed by atoms with Gasteiger partial charge in [-0.25, -0.2) is 4.99 Å². The molecule has 190 valence electrons. The van der Waals surface area contributed by atoms with Crippen LogP contribution in [0, 0.1) is 5.92 Å². The molecule has 2 amide bonds. The number of benzene rings is 2. The molecule has 9 heteroatoms. The number of hydrogen-bond donors (Lipinski definition) is 1. The third-order valence-electron chi connectivity index (χ3n) is 6.43. The first kappa shape index (κ1) is 24.9. The van der Waals surface area contributed by atoms with Crippen LogP contribution >= 0.6 is 12.2 Å². The largest absolute Gasteiger partial charge is 0.454 e. The molecule has 5 rings (SSSR count). The molecule has 0 spiro atoms. The smallest absolute Gasteiger partial charge is 0.251 e. The number of carbonyl (C=O) groups excluding carboxylic acids is 2. The molecule has 2 aliphatic heterocycles. The highest BCUT2D eigenvalue weighted by Crippen LogP contribution is 2.31. The molecule has 0 aromatic heterocycles. The molecule has 1 saturated heterocycles. The molecule has 1 fully saturated rings. The number of nitrogens with one attached hydrogen (secondary N) is 1. The molecule has 2 aromatic rings. The van der Waals surface area contributed by atoms with Gasteiger partial charge in [-0.05, 0) is 61.6 Å². The van der Waals surface area contributed by atoms with Crippen molar-refractivity contribution < 1.29 is 19.1 Å². The maximum Gasteiger partial charge on any atom is 0.251 e. The number of nitrogens with zero attached hydrogens (tertiary/aromatic N) is 3. The lowest BCUT2D eigenvalue weighted by atomic mass is 9.93. The van der Waals surface area contributed by atoms with Gasteiger partial charge in [0.15, 0.2) is 11.5 Å². The van der Waals surface area contributed by atoms with Gasteiger partial charge in [0, 0.05) is 24.7 Å². The number of aliphatic imine (C=N–C) groups is 1. The summed E-state index contributed by atoms with van der Waals surface area (Å²) in [4.78, 5) is 33.9. The second-order valence-corrected chi connectivity index (χ2v) is 9.56. The van der Waals surface area contributed by atoms with Crippen LogP contribution in [0.15, 0.2) is 83.3 Å². The average molecular weight is 517 g/mol. The average Bonchev–Trinajstić information content (AvgIpc) is 3.36. The Bertz CT molecular complexity index is 1290. The van der Waals surface area contributed by atoms with E-state index in [0.717, 1.165) is 25.1 Å². The van der Waals surface area contributed by atoms with Gasteiger partial charge in [-0.3, -0.25) is 14.5 Å². The van der Waals surface area contributed by atoms with E-state index in [-0.39, 0.29) is 30.3 Å². The summed E-state index contributed by atoms with van der Waals surface area (Å²) in [6.07, 6.45) is 4.30. The highest BCUT2D eigenvalue weighted by molar-refractivity contribution is 7.80. The van der Waals surface area contributed by atoms with Gasteiger partial charge < -0.3 is 19.7 Å². The van der Waals surface area contributed by atoms with Crippen LogP contribution in [0.25, 0.3) is 0 Å². The zero-order valence-electron chi connectivity index (χ0n) is 20.6. The second kappa shape index (κ2) is 11.1. The van der Waals surface area contributed by atoms with E-state index >= 15 is 0 Å². The summed E-state index contributed by atoms with van der Waals surface area (Å²) in [5, 5.41) is 3.19. The first-order valence-electron chi connectivity index (χ1n) is 12.2. The summed E-state index contributed by atoms with van der Waals surface area (Å²) < 4.78 is 10.8. The lowest BCUT2D eigenvalue weighted by Gasteiger charge is -2.30. The van der Waals surface area contributed by atoms with Gasteiger partial charge in [-0.1, -0.05) is 42.5 Å². The monoisotopic (exact) mass is 516 g/mol. The molecular weight excluding hydrogens is 488 g/mol. The number of thiocarbonyl (C=S) groups is 1. The molecule has 8 nitrogen and oxygen atoms in total. The lowest BCUT2D eigenvalue weighted by Crippen LogP contribution is -2.45. The van der Waals surface area contributed by atoms with E-state index in [1.807, 2.05) is 30.3 Å². The predicted molar refractivity (Wildman–Crippen MR) is 143 cm³/mol. The fourth-order valence-electron chi connectivity index (χ4n) is 4.45. The van der Waals surface area contributed by atoms with Crippen molar-refractivity contribution in [3.63, 3.8) is 0 Å². The van der Waals surface area contributed by atoms with Gasteiger partial charge in [0.1, 0.15) is 5.92 Å². The minimum atomic E-state index is -0.552. The van der Waals surface area contributed by atoms with Crippen molar-refractivity contribution in [2.75, 3.05) is 26.9 Å². The van der Waals surface area contributed by atoms with Crippen LogP contribution in [0.2, 0.25) is 0 Å². The molecule has 37 heavy (non-hydrogen) atoms. The molecule has 2 aromatic carbocycles. The Morgan fingerprint density at radius 3 is 2.65 bits per heavy atom. The molecule has 0 saturated carbocycles. The summed E-state index contributed by atoms with van der Waals surface area (Å²) in [6, 6.07) is 17.5. The summed E-state index contributed by atoms with van der Waals surface area (Å²) in [5.74, 6) is 0.304. The van der Waals surface area contributed by atoms with Crippen LogP contribution in [-0.4, -0.2) is 59.4 Å². The van der Waals surface area contributed by atoms with Crippen molar-refractivity contribution in [1.82, 2.24) is 15.1 Å². The van der Waals surface area contributed by atoms with Crippen LogP contribution < -0.4 is 5.32 Å². The summed E-state index contributed by atoms with van der Waals surface area (Å²) >= 11 is 5.40. The van der Waals surface area contributed by atoms with Crippen molar-refractivity contribution in [3.8, 4) is 0 Å². The molecule has 2 heterocycles. The maximum absolute atomic E-state index is 13.2. The number of hydrogen-bond acceptors (Lipinski definition) is 6. The molecule has 1 aliphatic carbocycles. The van der Waals surface area contributed by atoms with Crippen LogP contribution in [0.4, 0.5) is 0 Å². The Kier molecular flexibility index (Phi) is 7.43. The quantitative estimate of drug-likeness (QED) is 0.406. The number of rotatable bonds is 9. The van der Waals surface area contributed by atoms with E-state index in [2.05, 4.69) is 34.4 Å². The Morgan fingerprint density at radius 2 is 1.86 bits per heavy atom. The number of fused-ring (bicyclic) bond motifs is 2. The third-order valence-corrected chi connectivity index (χ3v) is 6.74. The molecule has 0 bridgehead atoms. The zero-order valence-corrected chi connectivity index (χ0v) is 21.4. The van der Waals surface area contributed by atoms with Crippen molar-refractivity contribution in [2.45, 2.75) is 19.5 Å². The van der Waals surface area contributed by atoms with E-state index in [4.69, 9.17) is 21.7 Å². The zero-order chi connectivity index (χ0) is 25.8. The van der Waals surface area contributed by atoms with Gasteiger partial charge in [-0.15, -0.1) is 0 Å². The van der Waals surface area contributed by atoms with Crippen LogP contribution in [-0.2, 0) is 27.4 Å². The highest BCUT2D eigenvalue weighted by Gasteiger charge is 2.38. The number of carbonyl (C=O) groups is 2. The molecule has 1 unspecified atom stereocenters.